The number of aromatic hydroxyl groups is 1. The molecule has 0 unspecified atom stereocenters. The number of phenolic OH excluding ortho intramolecular Hbond substituents is 1. The van der Waals surface area contributed by atoms with Crippen molar-refractivity contribution in [1.29, 1.82) is 0 Å². The minimum absolute atomic E-state index is 0.137. The number of hydrogen-bond donors (Lipinski definition) is 3. The number of rotatable bonds is 8. The van der Waals surface area contributed by atoms with Gasteiger partial charge in [-0.3, -0.25) is 0 Å². The molecular weight excluding hydrogens is 260 g/mol. The van der Waals surface area contributed by atoms with Gasteiger partial charge in [0.05, 0.1) is 6.10 Å². The Labute approximate surface area is 118 Å². The molecule has 3 N–H and O–H groups in total. The number of hydrogen-bond acceptors (Lipinski definition) is 4. The Bertz CT molecular complexity index is 438. The standard InChI is InChI=1S/C15H20O5/c1-2-20-13(5-3-4-6-14(17)18)15(19)11-7-9-12(16)10-8-11/h4,6-10,13,15-16,19H,2-3,5H2,1H3,(H,17,18)/b6-4+/t13-,15-/m0/s1. The second kappa shape index (κ2) is 8.35. The van der Waals surface area contributed by atoms with Crippen molar-refractivity contribution >= 4 is 5.97 Å². The maximum Gasteiger partial charge on any atom is 0.327 e. The predicted molar refractivity (Wildman–Crippen MR) is 74.5 cm³/mol. The molecule has 0 fully saturated rings. The van der Waals surface area contributed by atoms with Crippen molar-refractivity contribution in [3.8, 4) is 5.75 Å². The van der Waals surface area contributed by atoms with Gasteiger partial charge in [0, 0.05) is 12.7 Å². The van der Waals surface area contributed by atoms with E-state index in [-0.39, 0.29) is 5.75 Å². The summed E-state index contributed by atoms with van der Waals surface area (Å²) in [6, 6.07) is 6.29. The molecule has 0 aliphatic heterocycles. The quantitative estimate of drug-likeness (QED) is 0.636. The number of ether oxygens (including phenoxy) is 1. The lowest BCUT2D eigenvalue weighted by Crippen LogP contribution is -2.22. The summed E-state index contributed by atoms with van der Waals surface area (Å²) in [5.74, 6) is -0.852. The molecule has 1 aromatic rings. The second-order valence-electron chi connectivity index (χ2n) is 4.35. The molecule has 0 spiro atoms. The fourth-order valence-electron chi connectivity index (χ4n) is 1.88. The molecule has 5 heteroatoms. The van der Waals surface area contributed by atoms with Gasteiger partial charge in [0.2, 0.25) is 0 Å². The highest BCUT2D eigenvalue weighted by atomic mass is 16.5. The topological polar surface area (TPSA) is 87.0 Å². The van der Waals surface area contributed by atoms with E-state index in [4.69, 9.17) is 9.84 Å². The molecule has 0 bridgehead atoms. The van der Waals surface area contributed by atoms with Crippen LogP contribution in [0.25, 0.3) is 0 Å². The van der Waals surface area contributed by atoms with E-state index in [0.29, 0.717) is 25.0 Å². The van der Waals surface area contributed by atoms with E-state index in [2.05, 4.69) is 0 Å². The first-order valence-electron chi connectivity index (χ1n) is 6.52. The van der Waals surface area contributed by atoms with E-state index in [1.807, 2.05) is 6.92 Å². The summed E-state index contributed by atoms with van der Waals surface area (Å²) in [5.41, 5.74) is 0.656. The first-order chi connectivity index (χ1) is 9.54. The summed E-state index contributed by atoms with van der Waals surface area (Å²) in [4.78, 5) is 10.4. The summed E-state index contributed by atoms with van der Waals surface area (Å²) in [6.45, 7) is 2.30. The van der Waals surface area contributed by atoms with Gasteiger partial charge in [-0.05, 0) is 37.5 Å². The number of carboxylic acid groups (broad SMARTS) is 1. The van der Waals surface area contributed by atoms with E-state index < -0.39 is 18.2 Å². The van der Waals surface area contributed by atoms with Crippen molar-refractivity contribution in [3.63, 3.8) is 0 Å². The molecule has 110 valence electrons. The van der Waals surface area contributed by atoms with Crippen LogP contribution in [0.15, 0.2) is 36.4 Å². The normalized spacial score (nSPS) is 14.3. The van der Waals surface area contributed by atoms with Crippen LogP contribution in [0.5, 0.6) is 5.75 Å². The molecule has 20 heavy (non-hydrogen) atoms. The van der Waals surface area contributed by atoms with Gasteiger partial charge in [0.25, 0.3) is 0 Å². The predicted octanol–water partition coefficient (Wildman–Crippen LogP) is 2.25. The molecule has 5 nitrogen and oxygen atoms in total. The molecule has 0 saturated heterocycles. The Morgan fingerprint density at radius 1 is 1.35 bits per heavy atom. The zero-order chi connectivity index (χ0) is 15.0. The maximum atomic E-state index is 10.4. The smallest absolute Gasteiger partial charge is 0.327 e. The molecule has 2 atom stereocenters. The third-order valence-corrected chi connectivity index (χ3v) is 2.85. The largest absolute Gasteiger partial charge is 0.508 e. The maximum absolute atomic E-state index is 10.4. The van der Waals surface area contributed by atoms with Gasteiger partial charge in [-0.2, -0.15) is 0 Å². The SMILES string of the molecule is CCO[C@@H](CC/C=C/C(=O)O)[C@@H](O)c1ccc(O)cc1. The summed E-state index contributed by atoms with van der Waals surface area (Å²) in [5, 5.41) is 28.0. The average molecular weight is 280 g/mol. The van der Waals surface area contributed by atoms with Crippen LogP contribution in [0.1, 0.15) is 31.4 Å². The number of aliphatic carboxylic acids is 1. The van der Waals surface area contributed by atoms with Crippen molar-refractivity contribution < 1.29 is 24.9 Å². The summed E-state index contributed by atoms with van der Waals surface area (Å²) >= 11 is 0. The fourth-order valence-corrected chi connectivity index (χ4v) is 1.88. The first kappa shape index (κ1) is 16.2. The van der Waals surface area contributed by atoms with Gasteiger partial charge >= 0.3 is 5.97 Å². The van der Waals surface area contributed by atoms with Crippen LogP contribution in [0.4, 0.5) is 0 Å². The van der Waals surface area contributed by atoms with Gasteiger partial charge in [-0.1, -0.05) is 18.2 Å². The number of carbonyl (C=O) groups is 1. The van der Waals surface area contributed by atoms with Gasteiger partial charge in [-0.15, -0.1) is 0 Å². The van der Waals surface area contributed by atoms with Crippen molar-refractivity contribution in [1.82, 2.24) is 0 Å². The van der Waals surface area contributed by atoms with Crippen molar-refractivity contribution in [2.24, 2.45) is 0 Å². The number of benzene rings is 1. The second-order valence-corrected chi connectivity index (χ2v) is 4.35. The Hall–Kier alpha value is -1.85. The minimum Gasteiger partial charge on any atom is -0.508 e. The van der Waals surface area contributed by atoms with Crippen LogP contribution >= 0.6 is 0 Å². The lowest BCUT2D eigenvalue weighted by Gasteiger charge is -2.22. The molecule has 0 saturated carbocycles. The minimum atomic E-state index is -0.989. The monoisotopic (exact) mass is 280 g/mol. The fraction of sp³-hybridized carbons (Fsp3) is 0.400. The van der Waals surface area contributed by atoms with E-state index in [0.717, 1.165) is 6.08 Å². The molecule has 0 aliphatic carbocycles. The number of phenols is 1. The summed E-state index contributed by atoms with van der Waals surface area (Å²) in [7, 11) is 0. The highest BCUT2D eigenvalue weighted by Gasteiger charge is 2.20. The van der Waals surface area contributed by atoms with E-state index in [9.17, 15) is 15.0 Å². The molecule has 0 aromatic heterocycles. The third kappa shape index (κ3) is 5.42. The molecular formula is C15H20O5. The zero-order valence-corrected chi connectivity index (χ0v) is 11.4. The molecule has 0 radical (unpaired) electrons. The molecule has 0 aliphatic rings. The number of allylic oxidation sites excluding steroid dienone is 1. The number of carboxylic acids is 1. The third-order valence-electron chi connectivity index (χ3n) is 2.85. The van der Waals surface area contributed by atoms with E-state index >= 15 is 0 Å². The average Bonchev–Trinajstić information content (AvgIpc) is 2.42. The number of aliphatic hydroxyl groups excluding tert-OH is 1. The summed E-state index contributed by atoms with van der Waals surface area (Å²) < 4.78 is 5.50. The molecule has 1 rings (SSSR count). The van der Waals surface area contributed by atoms with Crippen LogP contribution in [0.2, 0.25) is 0 Å². The van der Waals surface area contributed by atoms with Crippen LogP contribution in [-0.2, 0) is 9.53 Å². The van der Waals surface area contributed by atoms with Gasteiger partial charge in [0.1, 0.15) is 11.9 Å². The van der Waals surface area contributed by atoms with Crippen LogP contribution in [0, 0.1) is 0 Å². The van der Waals surface area contributed by atoms with E-state index in [1.54, 1.807) is 12.1 Å². The van der Waals surface area contributed by atoms with Crippen molar-refractivity contribution in [2.75, 3.05) is 6.61 Å². The zero-order valence-electron chi connectivity index (χ0n) is 11.4. The van der Waals surface area contributed by atoms with Gasteiger partial charge < -0.3 is 20.1 Å². The Balaban J connectivity index is 2.64. The Kier molecular flexibility index (Phi) is 6.76. The van der Waals surface area contributed by atoms with Crippen molar-refractivity contribution in [2.45, 2.75) is 32.0 Å². The van der Waals surface area contributed by atoms with Gasteiger partial charge in [-0.25, -0.2) is 4.79 Å². The molecule has 1 aromatic carbocycles. The first-order valence-corrected chi connectivity index (χ1v) is 6.52. The van der Waals surface area contributed by atoms with Crippen LogP contribution < -0.4 is 0 Å². The highest BCUT2D eigenvalue weighted by molar-refractivity contribution is 5.79. The van der Waals surface area contributed by atoms with Crippen LogP contribution in [-0.4, -0.2) is 34.0 Å². The highest BCUT2D eigenvalue weighted by Crippen LogP contribution is 2.24. The summed E-state index contributed by atoms with van der Waals surface area (Å²) in [6.07, 6.45) is 2.41. The lowest BCUT2D eigenvalue weighted by molar-refractivity contribution is -0.131. The Morgan fingerprint density at radius 3 is 2.55 bits per heavy atom. The molecule has 0 heterocycles. The van der Waals surface area contributed by atoms with Crippen LogP contribution in [0.3, 0.4) is 0 Å². The van der Waals surface area contributed by atoms with E-state index in [1.165, 1.54) is 18.2 Å². The molecule has 0 amide bonds. The Morgan fingerprint density at radius 2 is 2.00 bits per heavy atom. The number of aliphatic hydroxyl groups is 1. The lowest BCUT2D eigenvalue weighted by atomic mass is 10.0. The van der Waals surface area contributed by atoms with Gasteiger partial charge in [0.15, 0.2) is 0 Å². The van der Waals surface area contributed by atoms with Crippen molar-refractivity contribution in [3.05, 3.63) is 42.0 Å².